The molecule has 12 heteroatoms. The summed E-state index contributed by atoms with van der Waals surface area (Å²) in [6.07, 6.45) is 4.25. The second-order valence-electron chi connectivity index (χ2n) is 12.1. The molecule has 0 radical (unpaired) electrons. The van der Waals surface area contributed by atoms with Gasteiger partial charge in [-0.15, -0.1) is 0 Å². The number of benzene rings is 1. The second kappa shape index (κ2) is 11.7. The molecular formula is C31H35F3N6O3. The van der Waals surface area contributed by atoms with E-state index >= 15 is 0 Å². The first-order valence-corrected chi connectivity index (χ1v) is 14.3. The van der Waals surface area contributed by atoms with Gasteiger partial charge in [-0.1, -0.05) is 13.0 Å². The van der Waals surface area contributed by atoms with Crippen LogP contribution in [0, 0.1) is 17.5 Å². The van der Waals surface area contributed by atoms with Crippen molar-refractivity contribution in [2.75, 3.05) is 29.0 Å². The largest absolute Gasteiger partial charge is 0.444 e. The van der Waals surface area contributed by atoms with Crippen LogP contribution in [-0.2, 0) is 11.2 Å². The molecule has 2 amide bonds. The van der Waals surface area contributed by atoms with E-state index in [1.54, 1.807) is 27.0 Å². The fourth-order valence-corrected chi connectivity index (χ4v) is 5.72. The van der Waals surface area contributed by atoms with Crippen molar-refractivity contribution in [2.24, 2.45) is 0 Å². The number of alkyl carbamates (subject to hydrolysis) is 1. The van der Waals surface area contributed by atoms with Gasteiger partial charge in [-0.2, -0.15) is 0 Å². The molecule has 1 aromatic carbocycles. The number of nitrogens with one attached hydrogen (secondary N) is 2. The Kier molecular flexibility index (Phi) is 8.22. The Morgan fingerprint density at radius 1 is 1.12 bits per heavy atom. The fourth-order valence-electron chi connectivity index (χ4n) is 5.72. The van der Waals surface area contributed by atoms with Crippen molar-refractivity contribution in [1.29, 1.82) is 0 Å². The van der Waals surface area contributed by atoms with Gasteiger partial charge >= 0.3 is 6.09 Å². The van der Waals surface area contributed by atoms with Crippen molar-refractivity contribution in [3.05, 3.63) is 64.9 Å². The molecule has 9 nitrogen and oxygen atoms in total. The van der Waals surface area contributed by atoms with Crippen molar-refractivity contribution in [1.82, 2.24) is 15.3 Å². The minimum atomic E-state index is -1.07. The number of pyridine rings is 2. The summed E-state index contributed by atoms with van der Waals surface area (Å²) in [7, 11) is 0. The molecular weight excluding hydrogens is 561 g/mol. The predicted octanol–water partition coefficient (Wildman–Crippen LogP) is 5.94. The number of hydrogen-bond acceptors (Lipinski definition) is 7. The highest BCUT2D eigenvalue weighted by Crippen LogP contribution is 2.42. The van der Waals surface area contributed by atoms with E-state index in [4.69, 9.17) is 10.5 Å². The standard InChI is InChI=1S/C31H35F3N6O3/c1-16-10-11-18-25(16)36-14-23(28(18)40-12-6-7-17(15-40)37-30(42)43-31(2,3)4)38-29(41)27-22(35)13-21(34)26(39-27)24-19(32)8-5-9-20(24)33/h5,8-9,13-14,16-17H,6-7,10-12,15,35H2,1-4H3,(H,37,42)(H,38,41)/t16?,17-/m0/s1. The zero-order chi connectivity index (χ0) is 31.1. The van der Waals surface area contributed by atoms with Crippen LogP contribution in [0.1, 0.15) is 74.6 Å². The van der Waals surface area contributed by atoms with Gasteiger partial charge in [0.15, 0.2) is 11.5 Å². The summed E-state index contributed by atoms with van der Waals surface area (Å²) in [4.78, 5) is 36.8. The molecule has 0 bridgehead atoms. The number of amides is 2. The highest BCUT2D eigenvalue weighted by Gasteiger charge is 2.32. The lowest BCUT2D eigenvalue weighted by molar-refractivity contribution is 0.0500. The lowest BCUT2D eigenvalue weighted by Gasteiger charge is -2.37. The van der Waals surface area contributed by atoms with Crippen LogP contribution in [0.25, 0.3) is 11.3 Å². The Hall–Kier alpha value is -4.35. The van der Waals surface area contributed by atoms with Crippen molar-refractivity contribution in [2.45, 2.75) is 70.9 Å². The first kappa shape index (κ1) is 30.1. The van der Waals surface area contributed by atoms with Gasteiger partial charge in [-0.3, -0.25) is 9.78 Å². The number of halogens is 3. The van der Waals surface area contributed by atoms with Gasteiger partial charge < -0.3 is 26.0 Å². The Balaban J connectivity index is 1.47. The van der Waals surface area contributed by atoms with Crippen LogP contribution in [0.15, 0.2) is 30.5 Å². The highest BCUT2D eigenvalue weighted by atomic mass is 19.1. The van der Waals surface area contributed by atoms with Crippen LogP contribution in [0.3, 0.4) is 0 Å². The molecule has 2 atom stereocenters. The molecule has 1 saturated heterocycles. The van der Waals surface area contributed by atoms with Crippen molar-refractivity contribution in [3.8, 4) is 11.3 Å². The first-order chi connectivity index (χ1) is 20.3. The number of fused-ring (bicyclic) bond motifs is 1. The number of hydrogen-bond donors (Lipinski definition) is 3. The number of aromatic nitrogens is 2. The molecule has 2 aliphatic rings. The zero-order valence-corrected chi connectivity index (χ0v) is 24.6. The summed E-state index contributed by atoms with van der Waals surface area (Å²) in [6.45, 7) is 8.64. The van der Waals surface area contributed by atoms with E-state index in [1.807, 2.05) is 0 Å². The Morgan fingerprint density at radius 2 is 1.84 bits per heavy atom. The fraction of sp³-hybridized carbons (Fsp3) is 0.419. The maximum atomic E-state index is 14.8. The van der Waals surface area contributed by atoms with Gasteiger partial charge in [0.25, 0.3) is 5.91 Å². The quantitative estimate of drug-likeness (QED) is 0.333. The Bertz CT molecular complexity index is 1560. The maximum Gasteiger partial charge on any atom is 0.407 e. The van der Waals surface area contributed by atoms with Gasteiger partial charge in [0.2, 0.25) is 0 Å². The van der Waals surface area contributed by atoms with Crippen LogP contribution < -0.4 is 21.3 Å². The average molecular weight is 597 g/mol. The number of carbonyl (C=O) groups is 2. The molecule has 43 heavy (non-hydrogen) atoms. The van der Waals surface area contributed by atoms with Gasteiger partial charge in [0, 0.05) is 30.9 Å². The molecule has 1 unspecified atom stereocenters. The molecule has 0 spiro atoms. The Morgan fingerprint density at radius 3 is 2.53 bits per heavy atom. The minimum absolute atomic E-state index is 0.192. The monoisotopic (exact) mass is 596 g/mol. The zero-order valence-electron chi connectivity index (χ0n) is 24.6. The lowest BCUT2D eigenvalue weighted by atomic mass is 10.0. The van der Waals surface area contributed by atoms with E-state index < -0.39 is 46.3 Å². The first-order valence-electron chi connectivity index (χ1n) is 14.3. The number of ether oxygens (including phenoxy) is 1. The van der Waals surface area contributed by atoms with Crippen LogP contribution in [0.4, 0.5) is 35.0 Å². The van der Waals surface area contributed by atoms with Gasteiger partial charge in [0.05, 0.1) is 28.8 Å². The summed E-state index contributed by atoms with van der Waals surface area (Å²) in [5, 5.41) is 5.77. The molecule has 2 aromatic heterocycles. The molecule has 5 rings (SSSR count). The van der Waals surface area contributed by atoms with E-state index in [1.165, 1.54) is 0 Å². The summed E-state index contributed by atoms with van der Waals surface area (Å²) in [5.74, 6) is -3.68. The molecule has 228 valence electrons. The van der Waals surface area contributed by atoms with Crippen LogP contribution in [0.2, 0.25) is 0 Å². The smallest absolute Gasteiger partial charge is 0.407 e. The molecule has 1 fully saturated rings. The SMILES string of the molecule is CC1CCc2c1ncc(NC(=O)c1nc(-c3c(F)cccc3F)c(F)cc1N)c2N1CCC[C@H](NC(=O)OC(C)(C)C)C1. The number of carbonyl (C=O) groups excluding carboxylic acids is 2. The van der Waals surface area contributed by atoms with E-state index in [2.05, 4.69) is 32.4 Å². The third-order valence-electron chi connectivity index (χ3n) is 7.60. The van der Waals surface area contributed by atoms with E-state index in [0.29, 0.717) is 18.8 Å². The number of anilines is 3. The van der Waals surface area contributed by atoms with Gasteiger partial charge in [-0.25, -0.2) is 22.9 Å². The number of nitrogens with zero attached hydrogens (tertiary/aromatic N) is 3. The van der Waals surface area contributed by atoms with E-state index in [9.17, 15) is 22.8 Å². The minimum Gasteiger partial charge on any atom is -0.444 e. The normalized spacial score (nSPS) is 18.3. The second-order valence-corrected chi connectivity index (χ2v) is 12.1. The summed E-state index contributed by atoms with van der Waals surface area (Å²) in [6, 6.07) is 3.73. The number of nitrogen functional groups attached to an aromatic ring is 1. The number of piperidine rings is 1. The van der Waals surface area contributed by atoms with E-state index in [-0.39, 0.29) is 23.3 Å². The number of nitrogens with two attached hydrogens (primary N) is 1. The molecule has 0 saturated carbocycles. The lowest BCUT2D eigenvalue weighted by Crippen LogP contribution is -2.49. The summed E-state index contributed by atoms with van der Waals surface area (Å²) >= 11 is 0. The maximum absolute atomic E-state index is 14.8. The van der Waals surface area contributed by atoms with Crippen LogP contribution in [-0.4, -0.2) is 46.7 Å². The average Bonchev–Trinajstić information content (AvgIpc) is 3.29. The molecule has 1 aliphatic carbocycles. The topological polar surface area (TPSA) is 122 Å². The predicted molar refractivity (Wildman–Crippen MR) is 157 cm³/mol. The summed E-state index contributed by atoms with van der Waals surface area (Å²) < 4.78 is 49.2. The molecule has 4 N–H and O–H groups in total. The van der Waals surface area contributed by atoms with Gasteiger partial charge in [0.1, 0.15) is 22.9 Å². The molecule has 3 heterocycles. The van der Waals surface area contributed by atoms with Crippen LogP contribution >= 0.6 is 0 Å². The Labute approximate surface area is 248 Å². The third-order valence-corrected chi connectivity index (χ3v) is 7.60. The third kappa shape index (κ3) is 6.37. The van der Waals surface area contributed by atoms with Crippen molar-refractivity contribution in [3.63, 3.8) is 0 Å². The van der Waals surface area contributed by atoms with Crippen molar-refractivity contribution < 1.29 is 27.5 Å². The van der Waals surface area contributed by atoms with E-state index in [0.717, 1.165) is 66.9 Å². The highest BCUT2D eigenvalue weighted by molar-refractivity contribution is 6.08. The van der Waals surface area contributed by atoms with Crippen molar-refractivity contribution >= 4 is 29.1 Å². The van der Waals surface area contributed by atoms with Crippen LogP contribution in [0.5, 0.6) is 0 Å². The number of rotatable bonds is 5. The van der Waals surface area contributed by atoms with Gasteiger partial charge in [-0.05, 0) is 70.1 Å². The molecule has 3 aromatic rings. The molecule has 1 aliphatic heterocycles. The summed E-state index contributed by atoms with van der Waals surface area (Å²) in [5.41, 5.74) is 6.40.